The van der Waals surface area contributed by atoms with Crippen LogP contribution in [0.5, 0.6) is 0 Å². The van der Waals surface area contributed by atoms with Crippen LogP contribution in [0.1, 0.15) is 45.4 Å². The second-order valence-corrected chi connectivity index (χ2v) is 6.10. The number of carbonyl (C=O) groups excluding carboxylic acids is 2. The summed E-state index contributed by atoms with van der Waals surface area (Å²) in [5.41, 5.74) is -1.16. The molecule has 2 amide bonds. The smallest absolute Gasteiger partial charge is 0.319 e. The molecule has 6 nitrogen and oxygen atoms in total. The normalized spacial score (nSPS) is 20.9. The number of nitrogens with zero attached hydrogens (tertiary/aromatic N) is 1. The Morgan fingerprint density at radius 2 is 1.86 bits per heavy atom. The largest absolute Gasteiger partial charge is 0.480 e. The van der Waals surface area contributed by atoms with Crippen LogP contribution in [0, 0.1) is 11.3 Å². The number of hydrogen-bond acceptors (Lipinski definition) is 3. The SMILES string of the molecule is CCCCNC(=O)C1CCN(C(=O)C2(C(=O)O)CC2)CC1. The number of likely N-dealkylation sites (tertiary alicyclic amines) is 1. The van der Waals surface area contributed by atoms with E-state index in [0.29, 0.717) is 45.3 Å². The second-order valence-electron chi connectivity index (χ2n) is 6.10. The molecule has 2 rings (SSSR count). The molecule has 2 N–H and O–H groups in total. The predicted molar refractivity (Wildman–Crippen MR) is 76.5 cm³/mol. The minimum atomic E-state index is -1.16. The lowest BCUT2D eigenvalue weighted by molar-refractivity contribution is -0.154. The Kier molecular flexibility index (Phi) is 4.85. The van der Waals surface area contributed by atoms with Gasteiger partial charge in [-0.2, -0.15) is 0 Å². The average molecular weight is 296 g/mol. The van der Waals surface area contributed by atoms with E-state index in [0.717, 1.165) is 12.8 Å². The van der Waals surface area contributed by atoms with Crippen molar-refractivity contribution in [3.8, 4) is 0 Å². The van der Waals surface area contributed by atoms with Crippen LogP contribution in [0.3, 0.4) is 0 Å². The lowest BCUT2D eigenvalue weighted by atomic mass is 9.94. The van der Waals surface area contributed by atoms with Gasteiger partial charge in [-0.1, -0.05) is 13.3 Å². The fourth-order valence-corrected chi connectivity index (χ4v) is 2.82. The third-order valence-electron chi connectivity index (χ3n) is 4.55. The second kappa shape index (κ2) is 6.45. The van der Waals surface area contributed by atoms with E-state index >= 15 is 0 Å². The van der Waals surface area contributed by atoms with Gasteiger partial charge < -0.3 is 15.3 Å². The molecule has 0 aromatic rings. The van der Waals surface area contributed by atoms with E-state index in [4.69, 9.17) is 5.11 Å². The monoisotopic (exact) mass is 296 g/mol. The molecule has 0 aromatic carbocycles. The van der Waals surface area contributed by atoms with Gasteiger partial charge in [0.2, 0.25) is 11.8 Å². The number of amides is 2. The molecule has 1 aliphatic heterocycles. The molecule has 0 atom stereocenters. The minimum Gasteiger partial charge on any atom is -0.480 e. The summed E-state index contributed by atoms with van der Waals surface area (Å²) < 4.78 is 0. The first-order valence-electron chi connectivity index (χ1n) is 7.81. The summed E-state index contributed by atoms with van der Waals surface area (Å²) in [4.78, 5) is 37.0. The van der Waals surface area contributed by atoms with Crippen molar-refractivity contribution < 1.29 is 19.5 Å². The van der Waals surface area contributed by atoms with Crippen LogP contribution >= 0.6 is 0 Å². The molecule has 0 unspecified atom stereocenters. The molecule has 2 fully saturated rings. The van der Waals surface area contributed by atoms with Crippen molar-refractivity contribution in [2.75, 3.05) is 19.6 Å². The number of carbonyl (C=O) groups is 3. The summed E-state index contributed by atoms with van der Waals surface area (Å²) in [5, 5.41) is 12.1. The molecule has 0 radical (unpaired) electrons. The first kappa shape index (κ1) is 15.8. The summed E-state index contributed by atoms with van der Waals surface area (Å²) >= 11 is 0. The number of rotatable bonds is 6. The third-order valence-corrected chi connectivity index (χ3v) is 4.55. The zero-order chi connectivity index (χ0) is 15.5. The van der Waals surface area contributed by atoms with Crippen molar-refractivity contribution in [2.45, 2.75) is 45.4 Å². The van der Waals surface area contributed by atoms with Gasteiger partial charge in [-0.15, -0.1) is 0 Å². The Morgan fingerprint density at radius 1 is 1.24 bits per heavy atom. The number of unbranched alkanes of at least 4 members (excludes halogenated alkanes) is 1. The zero-order valence-corrected chi connectivity index (χ0v) is 12.6. The highest BCUT2D eigenvalue weighted by atomic mass is 16.4. The van der Waals surface area contributed by atoms with E-state index in [1.54, 1.807) is 4.90 Å². The van der Waals surface area contributed by atoms with Crippen LogP contribution in [0.15, 0.2) is 0 Å². The summed E-state index contributed by atoms with van der Waals surface area (Å²) in [6.45, 7) is 3.75. The summed E-state index contributed by atoms with van der Waals surface area (Å²) in [6, 6.07) is 0. The number of carboxylic acids is 1. The van der Waals surface area contributed by atoms with Crippen molar-refractivity contribution in [3.63, 3.8) is 0 Å². The maximum absolute atomic E-state index is 12.3. The molecule has 1 aliphatic carbocycles. The van der Waals surface area contributed by atoms with Crippen molar-refractivity contribution >= 4 is 17.8 Å². The van der Waals surface area contributed by atoms with E-state index < -0.39 is 11.4 Å². The maximum atomic E-state index is 12.3. The van der Waals surface area contributed by atoms with Crippen LogP contribution in [0.25, 0.3) is 0 Å². The minimum absolute atomic E-state index is 0.0501. The van der Waals surface area contributed by atoms with Gasteiger partial charge in [0.25, 0.3) is 0 Å². The van der Waals surface area contributed by atoms with Crippen LogP contribution < -0.4 is 5.32 Å². The van der Waals surface area contributed by atoms with Gasteiger partial charge in [-0.25, -0.2) is 0 Å². The fraction of sp³-hybridized carbons (Fsp3) is 0.800. The van der Waals surface area contributed by atoms with Crippen molar-refractivity contribution in [2.24, 2.45) is 11.3 Å². The summed E-state index contributed by atoms with van der Waals surface area (Å²) in [5.74, 6) is -1.26. The van der Waals surface area contributed by atoms with Gasteiger partial charge in [-0.05, 0) is 32.1 Å². The Morgan fingerprint density at radius 3 is 2.33 bits per heavy atom. The highest BCUT2D eigenvalue weighted by Crippen LogP contribution is 2.47. The van der Waals surface area contributed by atoms with E-state index in [-0.39, 0.29) is 17.7 Å². The van der Waals surface area contributed by atoms with E-state index in [1.807, 2.05) is 0 Å². The van der Waals surface area contributed by atoms with E-state index in [9.17, 15) is 14.4 Å². The summed E-state index contributed by atoms with van der Waals surface area (Å²) in [6.07, 6.45) is 4.16. The first-order chi connectivity index (χ1) is 10.0. The van der Waals surface area contributed by atoms with Gasteiger partial charge in [0.15, 0.2) is 0 Å². The molecule has 21 heavy (non-hydrogen) atoms. The van der Waals surface area contributed by atoms with Crippen LogP contribution in [-0.4, -0.2) is 47.4 Å². The molecule has 2 aliphatic rings. The summed E-state index contributed by atoms with van der Waals surface area (Å²) in [7, 11) is 0. The number of nitrogens with one attached hydrogen (secondary N) is 1. The molecule has 0 bridgehead atoms. The number of aliphatic carboxylic acids is 1. The molecular formula is C15H24N2O4. The van der Waals surface area contributed by atoms with Crippen molar-refractivity contribution in [1.29, 1.82) is 0 Å². The van der Waals surface area contributed by atoms with Crippen molar-refractivity contribution in [1.82, 2.24) is 10.2 Å². The Hall–Kier alpha value is -1.59. The molecule has 1 saturated heterocycles. The number of hydrogen-bond donors (Lipinski definition) is 2. The predicted octanol–water partition coefficient (Wildman–Crippen LogP) is 1.01. The molecular weight excluding hydrogens is 272 g/mol. The van der Waals surface area contributed by atoms with Gasteiger partial charge in [0.05, 0.1) is 0 Å². The zero-order valence-electron chi connectivity index (χ0n) is 12.6. The fourth-order valence-electron chi connectivity index (χ4n) is 2.82. The number of carboxylic acid groups (broad SMARTS) is 1. The topological polar surface area (TPSA) is 86.7 Å². The molecule has 6 heteroatoms. The molecule has 0 spiro atoms. The van der Waals surface area contributed by atoms with Gasteiger partial charge in [0.1, 0.15) is 5.41 Å². The average Bonchev–Trinajstić information content (AvgIpc) is 3.28. The standard InChI is InChI=1S/C15H24N2O4/c1-2-3-8-16-12(18)11-4-9-17(10-5-11)13(19)15(6-7-15)14(20)21/h11H,2-10H2,1H3,(H,16,18)(H,20,21). The molecule has 118 valence electrons. The van der Waals surface area contributed by atoms with E-state index in [1.165, 1.54) is 0 Å². The Labute approximate surface area is 124 Å². The highest BCUT2D eigenvalue weighted by Gasteiger charge is 2.58. The lowest BCUT2D eigenvalue weighted by Crippen LogP contribution is -2.47. The highest BCUT2D eigenvalue weighted by molar-refractivity contribution is 6.04. The van der Waals surface area contributed by atoms with Crippen LogP contribution in [-0.2, 0) is 14.4 Å². The van der Waals surface area contributed by atoms with Gasteiger partial charge >= 0.3 is 5.97 Å². The third kappa shape index (κ3) is 3.36. The Bertz CT molecular complexity index is 423. The molecule has 1 heterocycles. The lowest BCUT2D eigenvalue weighted by Gasteiger charge is -2.33. The van der Waals surface area contributed by atoms with Crippen molar-refractivity contribution in [3.05, 3.63) is 0 Å². The van der Waals surface area contributed by atoms with Crippen LogP contribution in [0.4, 0.5) is 0 Å². The quantitative estimate of drug-likeness (QED) is 0.565. The van der Waals surface area contributed by atoms with Crippen LogP contribution in [0.2, 0.25) is 0 Å². The Balaban J connectivity index is 1.79. The maximum Gasteiger partial charge on any atom is 0.319 e. The van der Waals surface area contributed by atoms with Gasteiger partial charge in [-0.3, -0.25) is 14.4 Å². The number of piperidine rings is 1. The first-order valence-corrected chi connectivity index (χ1v) is 7.81. The van der Waals surface area contributed by atoms with Gasteiger partial charge in [0, 0.05) is 25.6 Å². The molecule has 1 saturated carbocycles. The molecule has 0 aromatic heterocycles. The van der Waals surface area contributed by atoms with E-state index in [2.05, 4.69) is 12.2 Å².